The van der Waals surface area contributed by atoms with Gasteiger partial charge in [0.2, 0.25) is 5.91 Å². The molecule has 1 aromatic carbocycles. The predicted octanol–water partition coefficient (Wildman–Crippen LogP) is 3.20. The van der Waals surface area contributed by atoms with Crippen molar-refractivity contribution in [3.05, 3.63) is 35.6 Å². The standard InChI is InChI=1S/C19H29FN2O2.ClH/c1-13(16-4-3-9-21-12-16)10-19(24)22-14(2)11-18(23)15-5-7-17(20)8-6-15;/h5-8,13-14,16,18,21,23H,3-4,9-12H2,1-2H3,(H,22,24);1H. The van der Waals surface area contributed by atoms with E-state index in [1.54, 1.807) is 12.1 Å². The quantitative estimate of drug-likeness (QED) is 0.688. The Balaban J connectivity index is 0.00000312. The fraction of sp³-hybridized carbons (Fsp3) is 0.632. The molecule has 0 radical (unpaired) electrons. The van der Waals surface area contributed by atoms with Crippen molar-refractivity contribution in [1.29, 1.82) is 0 Å². The third kappa shape index (κ3) is 7.30. The first-order valence-electron chi connectivity index (χ1n) is 8.89. The van der Waals surface area contributed by atoms with Gasteiger partial charge < -0.3 is 15.7 Å². The number of carbonyl (C=O) groups is 1. The molecule has 0 spiro atoms. The van der Waals surface area contributed by atoms with Crippen molar-refractivity contribution in [2.75, 3.05) is 13.1 Å². The van der Waals surface area contributed by atoms with Crippen LogP contribution >= 0.6 is 12.4 Å². The lowest BCUT2D eigenvalue weighted by atomic mass is 9.85. The third-order valence-corrected chi connectivity index (χ3v) is 4.89. The Bertz CT molecular complexity index is 521. The second kappa shape index (κ2) is 10.7. The Morgan fingerprint density at radius 3 is 2.64 bits per heavy atom. The molecule has 0 aliphatic carbocycles. The molecule has 1 aromatic rings. The molecule has 0 saturated carbocycles. The molecule has 4 atom stereocenters. The van der Waals surface area contributed by atoms with Crippen LogP contribution in [0.4, 0.5) is 4.39 Å². The number of halogens is 2. The largest absolute Gasteiger partial charge is 0.388 e. The summed E-state index contributed by atoms with van der Waals surface area (Å²) >= 11 is 0. The van der Waals surface area contributed by atoms with Crippen molar-refractivity contribution in [1.82, 2.24) is 10.6 Å². The first-order valence-corrected chi connectivity index (χ1v) is 8.89. The summed E-state index contributed by atoms with van der Waals surface area (Å²) in [6.07, 6.45) is 2.58. The summed E-state index contributed by atoms with van der Waals surface area (Å²) in [6.45, 7) is 6.09. The summed E-state index contributed by atoms with van der Waals surface area (Å²) in [7, 11) is 0. The lowest BCUT2D eigenvalue weighted by molar-refractivity contribution is -0.123. The van der Waals surface area contributed by atoms with Crippen molar-refractivity contribution in [3.8, 4) is 0 Å². The zero-order valence-electron chi connectivity index (χ0n) is 15.0. The minimum absolute atomic E-state index is 0. The number of amides is 1. The average molecular weight is 373 g/mol. The Morgan fingerprint density at radius 1 is 1.36 bits per heavy atom. The van der Waals surface area contributed by atoms with Crippen LogP contribution in [0.2, 0.25) is 0 Å². The first kappa shape index (κ1) is 21.9. The Morgan fingerprint density at radius 2 is 2.04 bits per heavy atom. The number of benzene rings is 1. The van der Waals surface area contributed by atoms with Gasteiger partial charge in [-0.2, -0.15) is 0 Å². The normalized spacial score (nSPS) is 20.9. The molecule has 1 amide bonds. The van der Waals surface area contributed by atoms with Crippen LogP contribution in [-0.4, -0.2) is 30.1 Å². The van der Waals surface area contributed by atoms with Gasteiger partial charge in [-0.15, -0.1) is 12.4 Å². The minimum Gasteiger partial charge on any atom is -0.388 e. The molecule has 142 valence electrons. The highest BCUT2D eigenvalue weighted by molar-refractivity contribution is 5.85. The SMILES string of the molecule is CC(CC(O)c1ccc(F)cc1)NC(=O)CC(C)C1CCCNC1.Cl. The number of aliphatic hydroxyl groups excluding tert-OH is 1. The molecular formula is C19H30ClFN2O2. The Hall–Kier alpha value is -1.17. The van der Waals surface area contributed by atoms with E-state index in [0.29, 0.717) is 30.2 Å². The van der Waals surface area contributed by atoms with Crippen LogP contribution in [0.3, 0.4) is 0 Å². The number of carbonyl (C=O) groups excluding carboxylic acids is 1. The number of nitrogens with one attached hydrogen (secondary N) is 2. The minimum atomic E-state index is -0.708. The second-order valence-corrected chi connectivity index (χ2v) is 7.06. The van der Waals surface area contributed by atoms with Gasteiger partial charge in [0.1, 0.15) is 5.82 Å². The van der Waals surface area contributed by atoms with E-state index < -0.39 is 6.10 Å². The van der Waals surface area contributed by atoms with Gasteiger partial charge in [0, 0.05) is 12.5 Å². The monoisotopic (exact) mass is 372 g/mol. The van der Waals surface area contributed by atoms with Gasteiger partial charge in [-0.1, -0.05) is 19.1 Å². The maximum Gasteiger partial charge on any atom is 0.220 e. The highest BCUT2D eigenvalue weighted by Crippen LogP contribution is 2.23. The molecule has 2 rings (SSSR count). The van der Waals surface area contributed by atoms with Crippen LogP contribution in [0.15, 0.2) is 24.3 Å². The van der Waals surface area contributed by atoms with Crippen molar-refractivity contribution >= 4 is 18.3 Å². The average Bonchev–Trinajstić information content (AvgIpc) is 2.55. The molecule has 0 aromatic heterocycles. The molecule has 3 N–H and O–H groups in total. The summed E-state index contributed by atoms with van der Waals surface area (Å²) in [4.78, 5) is 12.2. The molecule has 4 nitrogen and oxygen atoms in total. The number of rotatable bonds is 7. The van der Waals surface area contributed by atoms with Crippen molar-refractivity contribution < 1.29 is 14.3 Å². The molecule has 1 heterocycles. The van der Waals surface area contributed by atoms with Crippen molar-refractivity contribution in [2.45, 2.75) is 51.7 Å². The van der Waals surface area contributed by atoms with E-state index in [9.17, 15) is 14.3 Å². The summed E-state index contributed by atoms with van der Waals surface area (Å²) in [5.41, 5.74) is 0.666. The number of hydrogen-bond donors (Lipinski definition) is 3. The van der Waals surface area contributed by atoms with Crippen molar-refractivity contribution in [3.63, 3.8) is 0 Å². The van der Waals surface area contributed by atoms with E-state index in [1.165, 1.54) is 25.0 Å². The van der Waals surface area contributed by atoms with Crippen LogP contribution in [0.5, 0.6) is 0 Å². The second-order valence-electron chi connectivity index (χ2n) is 7.06. The summed E-state index contributed by atoms with van der Waals surface area (Å²) < 4.78 is 12.9. The smallest absolute Gasteiger partial charge is 0.220 e. The van der Waals surface area contributed by atoms with E-state index in [2.05, 4.69) is 17.6 Å². The Labute approximate surface area is 156 Å². The Kier molecular flexibility index (Phi) is 9.39. The van der Waals surface area contributed by atoms with Gasteiger partial charge in [0.25, 0.3) is 0 Å². The maximum absolute atomic E-state index is 12.9. The van der Waals surface area contributed by atoms with Gasteiger partial charge in [-0.05, 0) is 68.8 Å². The molecule has 0 bridgehead atoms. The summed E-state index contributed by atoms with van der Waals surface area (Å²) in [5, 5.41) is 16.6. The van der Waals surface area contributed by atoms with E-state index in [-0.39, 0.29) is 30.2 Å². The fourth-order valence-corrected chi connectivity index (χ4v) is 3.37. The molecule has 4 unspecified atom stereocenters. The lowest BCUT2D eigenvalue weighted by Gasteiger charge is -2.28. The third-order valence-electron chi connectivity index (χ3n) is 4.89. The van der Waals surface area contributed by atoms with E-state index in [4.69, 9.17) is 0 Å². The van der Waals surface area contributed by atoms with E-state index >= 15 is 0 Å². The van der Waals surface area contributed by atoms with E-state index in [0.717, 1.165) is 13.1 Å². The van der Waals surface area contributed by atoms with Gasteiger partial charge in [0.05, 0.1) is 6.10 Å². The molecule has 1 saturated heterocycles. The van der Waals surface area contributed by atoms with Crippen LogP contribution in [0, 0.1) is 17.7 Å². The topological polar surface area (TPSA) is 61.4 Å². The van der Waals surface area contributed by atoms with Gasteiger partial charge in [-0.3, -0.25) is 4.79 Å². The molecule has 6 heteroatoms. The zero-order chi connectivity index (χ0) is 17.5. The molecule has 1 aliphatic rings. The summed E-state index contributed by atoms with van der Waals surface area (Å²) in [6, 6.07) is 5.69. The van der Waals surface area contributed by atoms with Crippen LogP contribution in [-0.2, 0) is 4.79 Å². The molecule has 1 fully saturated rings. The molecule has 25 heavy (non-hydrogen) atoms. The number of aliphatic hydroxyl groups is 1. The lowest BCUT2D eigenvalue weighted by Crippen LogP contribution is -2.38. The fourth-order valence-electron chi connectivity index (χ4n) is 3.37. The maximum atomic E-state index is 12.9. The van der Waals surface area contributed by atoms with Crippen LogP contribution < -0.4 is 10.6 Å². The first-order chi connectivity index (χ1) is 11.5. The number of piperidine rings is 1. The molecular weight excluding hydrogens is 343 g/mol. The van der Waals surface area contributed by atoms with E-state index in [1.807, 2.05) is 6.92 Å². The highest BCUT2D eigenvalue weighted by atomic mass is 35.5. The van der Waals surface area contributed by atoms with Gasteiger partial charge in [0.15, 0.2) is 0 Å². The zero-order valence-corrected chi connectivity index (χ0v) is 15.8. The summed E-state index contributed by atoms with van der Waals surface area (Å²) in [5.74, 6) is 0.627. The van der Waals surface area contributed by atoms with Crippen molar-refractivity contribution in [2.24, 2.45) is 11.8 Å². The van der Waals surface area contributed by atoms with Crippen LogP contribution in [0.25, 0.3) is 0 Å². The predicted molar refractivity (Wildman–Crippen MR) is 100 cm³/mol. The molecule has 1 aliphatic heterocycles. The van der Waals surface area contributed by atoms with Gasteiger partial charge in [-0.25, -0.2) is 4.39 Å². The highest BCUT2D eigenvalue weighted by Gasteiger charge is 2.23. The van der Waals surface area contributed by atoms with Crippen LogP contribution in [0.1, 0.15) is 51.2 Å². The number of hydrogen-bond acceptors (Lipinski definition) is 3. The van der Waals surface area contributed by atoms with Gasteiger partial charge >= 0.3 is 0 Å².